The average molecular weight is 602 g/mol. The molecule has 0 atom stereocenters. The molecule has 7 heteroatoms. The van der Waals surface area contributed by atoms with E-state index < -0.39 is 51.9 Å². The van der Waals surface area contributed by atoms with Crippen LogP contribution in [0.2, 0.25) is 78.6 Å². The van der Waals surface area contributed by atoms with E-state index in [-0.39, 0.29) is 10.8 Å². The Morgan fingerprint density at radius 1 is 0.452 bits per heavy atom. The van der Waals surface area contributed by atoms with Crippen LogP contribution in [-0.4, -0.2) is 56.8 Å². The second-order valence-electron chi connectivity index (χ2n) is 15.0. The fourth-order valence-electron chi connectivity index (χ4n) is 4.86. The Morgan fingerprint density at radius 3 is 0.774 bits per heavy atom. The van der Waals surface area contributed by atoms with Gasteiger partial charge in [0.2, 0.25) is 0 Å². The first-order valence-electron chi connectivity index (χ1n) is 11.8. The van der Waals surface area contributed by atoms with E-state index in [1.807, 2.05) is 0 Å². The summed E-state index contributed by atoms with van der Waals surface area (Å²) in [4.78, 5) is 0. The van der Waals surface area contributed by atoms with Crippen LogP contribution in [0.5, 0.6) is 0 Å². The van der Waals surface area contributed by atoms with Gasteiger partial charge in [-0.15, -0.1) is 0 Å². The Morgan fingerprint density at radius 2 is 0.645 bits per heavy atom. The van der Waals surface area contributed by atoms with Gasteiger partial charge < -0.3 is 0 Å². The van der Waals surface area contributed by atoms with Crippen LogP contribution in [0.3, 0.4) is 0 Å². The number of rotatable bonds is 6. The van der Waals surface area contributed by atoms with Gasteiger partial charge in [0.1, 0.15) is 0 Å². The van der Waals surface area contributed by atoms with Crippen LogP contribution in [0.25, 0.3) is 0 Å². The zero-order valence-electron chi connectivity index (χ0n) is 24.4. The zero-order valence-corrected chi connectivity index (χ0v) is 31.2. The van der Waals surface area contributed by atoms with Crippen molar-refractivity contribution in [3.05, 3.63) is 0 Å². The van der Waals surface area contributed by atoms with E-state index in [1.165, 1.54) is 0 Å². The molecular formula is C24H54N2Si4Sn. The molecule has 0 aliphatic rings. The van der Waals surface area contributed by atoms with Crippen molar-refractivity contribution in [2.45, 2.75) is 120 Å². The van der Waals surface area contributed by atoms with Crippen molar-refractivity contribution < 1.29 is 0 Å². The molecule has 0 radical (unpaired) electrons. The second kappa shape index (κ2) is 9.75. The summed E-state index contributed by atoms with van der Waals surface area (Å²) in [6.45, 7) is 44.1. The summed E-state index contributed by atoms with van der Waals surface area (Å²) in [5.74, 6) is 7.59. The van der Waals surface area contributed by atoms with Crippen LogP contribution in [0.1, 0.15) is 41.5 Å². The van der Waals surface area contributed by atoms with Gasteiger partial charge in [-0.1, -0.05) is 0 Å². The third-order valence-electron chi connectivity index (χ3n) is 4.55. The minimum absolute atomic E-state index is 0.0132. The monoisotopic (exact) mass is 602 g/mol. The normalized spacial score (nSPS) is 14.8. The number of nitrogens with zero attached hydrogens (tertiary/aromatic N) is 2. The third kappa shape index (κ3) is 9.84. The van der Waals surface area contributed by atoms with Gasteiger partial charge in [0.25, 0.3) is 0 Å². The summed E-state index contributed by atoms with van der Waals surface area (Å²) < 4.78 is 14.5. The molecule has 180 valence electrons. The average Bonchev–Trinajstić information content (AvgIpc) is 2.34. The van der Waals surface area contributed by atoms with E-state index in [4.69, 9.17) is 0 Å². The van der Waals surface area contributed by atoms with Gasteiger partial charge in [-0.25, -0.2) is 0 Å². The predicted octanol–water partition coefficient (Wildman–Crippen LogP) is 7.55. The zero-order chi connectivity index (χ0) is 25.5. The first kappa shape index (κ1) is 31.7. The van der Waals surface area contributed by atoms with Crippen molar-refractivity contribution in [2.24, 2.45) is 10.8 Å². The maximum atomic E-state index is 4.15. The summed E-state index contributed by atoms with van der Waals surface area (Å²) in [6.07, 6.45) is 0. The molecule has 0 heterocycles. The molecule has 31 heavy (non-hydrogen) atoms. The van der Waals surface area contributed by atoms with Gasteiger partial charge >= 0.3 is 207 Å². The van der Waals surface area contributed by atoms with Gasteiger partial charge in [-0.2, -0.15) is 0 Å². The quantitative estimate of drug-likeness (QED) is 0.229. The topological polar surface area (TPSA) is 6.48 Å². The molecule has 0 spiro atoms. The molecular weight excluding hydrogens is 547 g/mol. The summed E-state index contributed by atoms with van der Waals surface area (Å²) in [7, 11) is -6.74. The molecule has 0 aliphatic carbocycles. The number of hydrogen-bond acceptors (Lipinski definition) is 2. The first-order chi connectivity index (χ1) is 13.1. The minimum atomic E-state index is -3.70. The standard InChI is InChI=1S/2C6H18NSi2.2C6H9.Sn/c2*1-8(2,3)7-9(4,5)6;2*1-5-6(2,3)4;/h2*1-6H3;2*2-4H3;/q2*-1;;;+2. The van der Waals surface area contributed by atoms with Crippen LogP contribution < -0.4 is 0 Å². The van der Waals surface area contributed by atoms with Gasteiger partial charge in [0, 0.05) is 0 Å². The van der Waals surface area contributed by atoms with Crippen molar-refractivity contribution in [1.29, 1.82) is 0 Å². The molecule has 0 aromatic rings. The van der Waals surface area contributed by atoms with Crippen LogP contribution in [0, 0.1) is 30.5 Å². The van der Waals surface area contributed by atoms with E-state index in [0.717, 1.165) is 0 Å². The predicted molar refractivity (Wildman–Crippen MR) is 157 cm³/mol. The Kier molecular flexibility index (Phi) is 9.98. The van der Waals surface area contributed by atoms with Crippen molar-refractivity contribution in [3.8, 4) is 19.7 Å². The fourth-order valence-corrected chi connectivity index (χ4v) is 71.6. The van der Waals surface area contributed by atoms with E-state index in [2.05, 4.69) is 145 Å². The summed E-state index contributed by atoms with van der Waals surface area (Å²) in [6, 6.07) is 0. The van der Waals surface area contributed by atoms with Crippen LogP contribution in [0.4, 0.5) is 0 Å². The van der Waals surface area contributed by atoms with Crippen molar-refractivity contribution >= 4 is 51.9 Å². The van der Waals surface area contributed by atoms with E-state index >= 15 is 0 Å². The van der Waals surface area contributed by atoms with E-state index in [1.54, 1.807) is 0 Å². The molecule has 0 fully saturated rings. The molecule has 0 unspecified atom stereocenters. The molecule has 2 nitrogen and oxygen atoms in total. The molecule has 0 aromatic heterocycles. The second-order valence-corrected chi connectivity index (χ2v) is 48.0. The summed E-state index contributed by atoms with van der Waals surface area (Å²) >= 11 is -3.70. The van der Waals surface area contributed by atoms with Crippen molar-refractivity contribution in [1.82, 2.24) is 4.91 Å². The number of hydrogen-bond donors (Lipinski definition) is 0. The van der Waals surface area contributed by atoms with E-state index in [0.29, 0.717) is 0 Å². The summed E-state index contributed by atoms with van der Waals surface area (Å²) in [5, 5.41) is 0. The van der Waals surface area contributed by atoms with E-state index in [9.17, 15) is 0 Å². The molecule has 0 saturated heterocycles. The molecule has 0 saturated carbocycles. The van der Waals surface area contributed by atoms with Crippen LogP contribution in [0.15, 0.2) is 0 Å². The van der Waals surface area contributed by atoms with Gasteiger partial charge in [-0.3, -0.25) is 0 Å². The van der Waals surface area contributed by atoms with Gasteiger partial charge in [-0.05, 0) is 0 Å². The van der Waals surface area contributed by atoms with Crippen molar-refractivity contribution in [3.63, 3.8) is 0 Å². The fraction of sp³-hybridized carbons (Fsp3) is 0.833. The molecule has 0 rings (SSSR count). The molecule has 0 N–H and O–H groups in total. The Labute approximate surface area is 206 Å². The first-order valence-corrected chi connectivity index (χ1v) is 31.0. The molecule has 0 amide bonds. The third-order valence-corrected chi connectivity index (χ3v) is 56.0. The summed E-state index contributed by atoms with van der Waals surface area (Å²) in [5.41, 5.74) is -0.0264. The molecule has 0 bridgehead atoms. The van der Waals surface area contributed by atoms with Crippen LogP contribution in [-0.2, 0) is 0 Å². The Hall–Kier alpha value is 0.706. The molecule has 0 aliphatic heterocycles. The molecule has 0 aromatic carbocycles. The Balaban J connectivity index is 7.99. The van der Waals surface area contributed by atoms with Crippen molar-refractivity contribution in [2.75, 3.05) is 0 Å². The van der Waals surface area contributed by atoms with Gasteiger partial charge in [0.15, 0.2) is 0 Å². The Bertz CT molecular complexity index is 650. The maximum absolute atomic E-state index is 4.15. The van der Waals surface area contributed by atoms with Gasteiger partial charge in [0.05, 0.1) is 0 Å². The van der Waals surface area contributed by atoms with Crippen LogP contribution >= 0.6 is 0 Å². The SMILES string of the molecule is CC(C)(C)C#[C][Sn]([C]#CC(C)(C)C)([N]([Si](C)(C)C)[Si](C)(C)C)[N]([Si](C)(C)C)[Si](C)(C)C.